The molecule has 0 saturated carbocycles. The molecule has 0 aliphatic carbocycles. The van der Waals surface area contributed by atoms with Crippen molar-refractivity contribution in [1.82, 2.24) is 15.2 Å². The monoisotopic (exact) mass is 535 g/mol. The summed E-state index contributed by atoms with van der Waals surface area (Å²) in [6, 6.07) is 14.8. The highest BCUT2D eigenvalue weighted by Gasteiger charge is 2.34. The van der Waals surface area contributed by atoms with Crippen LogP contribution in [0.5, 0.6) is 5.75 Å². The van der Waals surface area contributed by atoms with E-state index in [2.05, 4.69) is 10.3 Å². The smallest absolute Gasteiger partial charge is 0.290 e. The van der Waals surface area contributed by atoms with Crippen molar-refractivity contribution in [1.29, 1.82) is 0 Å². The fraction of sp³-hybridized carbons (Fsp3) is 0.250. The standard InChI is InChI=1S/C28H26FN3O5S/c1-35-14-11-30-27(33)23-17-38-25(31-23)16-37-21-9-6-18-10-12-32(28(34)24-3-2-13-36-24)26(22(18)15-21)19-4-7-20(29)8-5-19/h2-9,13,15,17,26H,10-12,14,16H2,1H3,(H,30,33). The Morgan fingerprint density at radius 3 is 2.82 bits per heavy atom. The van der Waals surface area contributed by atoms with E-state index in [1.807, 2.05) is 18.2 Å². The van der Waals surface area contributed by atoms with Crippen LogP contribution in [0.15, 0.2) is 70.7 Å². The van der Waals surface area contributed by atoms with Gasteiger partial charge < -0.3 is 24.1 Å². The Bertz CT molecular complexity index is 1400. The number of benzene rings is 2. The van der Waals surface area contributed by atoms with Gasteiger partial charge in [0, 0.05) is 25.6 Å². The van der Waals surface area contributed by atoms with Crippen molar-refractivity contribution in [3.63, 3.8) is 0 Å². The first kappa shape index (κ1) is 25.6. The molecule has 8 nitrogen and oxygen atoms in total. The Morgan fingerprint density at radius 2 is 2.05 bits per heavy atom. The van der Waals surface area contributed by atoms with Gasteiger partial charge in [-0.2, -0.15) is 0 Å². The maximum atomic E-state index is 13.7. The van der Waals surface area contributed by atoms with Gasteiger partial charge in [-0.25, -0.2) is 9.37 Å². The minimum atomic E-state index is -0.442. The molecule has 1 aliphatic rings. The van der Waals surface area contributed by atoms with Gasteiger partial charge in [-0.15, -0.1) is 11.3 Å². The number of thiazole rings is 1. The number of amides is 2. The van der Waals surface area contributed by atoms with E-state index in [9.17, 15) is 14.0 Å². The molecule has 196 valence electrons. The van der Waals surface area contributed by atoms with Crippen molar-refractivity contribution in [3.8, 4) is 5.75 Å². The number of hydrogen-bond acceptors (Lipinski definition) is 7. The Hall–Kier alpha value is -4.02. The lowest BCUT2D eigenvalue weighted by molar-refractivity contribution is 0.0661. The quantitative estimate of drug-likeness (QED) is 0.315. The lowest BCUT2D eigenvalue weighted by atomic mass is 9.87. The number of furan rings is 1. The van der Waals surface area contributed by atoms with Crippen molar-refractivity contribution in [2.45, 2.75) is 19.1 Å². The average molecular weight is 536 g/mol. The fourth-order valence-electron chi connectivity index (χ4n) is 4.43. The summed E-state index contributed by atoms with van der Waals surface area (Å²) in [5.74, 6) is 0.00593. The Morgan fingerprint density at radius 1 is 1.21 bits per heavy atom. The van der Waals surface area contributed by atoms with Crippen molar-refractivity contribution in [3.05, 3.63) is 105 Å². The van der Waals surface area contributed by atoms with Gasteiger partial charge in [0.15, 0.2) is 5.76 Å². The number of nitrogens with zero attached hydrogens (tertiary/aromatic N) is 2. The third kappa shape index (κ3) is 5.61. The molecule has 0 fully saturated rings. The number of rotatable bonds is 9. The molecule has 1 unspecified atom stereocenters. The number of halogens is 1. The van der Waals surface area contributed by atoms with Gasteiger partial charge in [0.25, 0.3) is 11.8 Å². The molecule has 2 aromatic carbocycles. The van der Waals surface area contributed by atoms with E-state index in [1.54, 1.807) is 41.7 Å². The van der Waals surface area contributed by atoms with Crippen LogP contribution in [0.25, 0.3) is 0 Å². The first-order valence-electron chi connectivity index (χ1n) is 12.1. The van der Waals surface area contributed by atoms with Gasteiger partial charge in [-0.1, -0.05) is 18.2 Å². The lowest BCUT2D eigenvalue weighted by Gasteiger charge is -2.37. The molecular formula is C28H26FN3O5S. The van der Waals surface area contributed by atoms with Crippen LogP contribution in [0.1, 0.15) is 48.8 Å². The second-order valence-corrected chi connectivity index (χ2v) is 9.65. The van der Waals surface area contributed by atoms with Crippen molar-refractivity contribution < 1.29 is 27.9 Å². The Labute approximate surface area is 223 Å². The maximum absolute atomic E-state index is 13.7. The van der Waals surface area contributed by atoms with Gasteiger partial charge in [0.2, 0.25) is 0 Å². The minimum absolute atomic E-state index is 0.186. The van der Waals surface area contributed by atoms with Gasteiger partial charge in [-0.3, -0.25) is 9.59 Å². The predicted octanol–water partition coefficient (Wildman–Crippen LogP) is 4.62. The first-order valence-corrected chi connectivity index (χ1v) is 13.0. The van der Waals surface area contributed by atoms with E-state index in [4.69, 9.17) is 13.9 Å². The topological polar surface area (TPSA) is 93.9 Å². The number of carbonyl (C=O) groups excluding carboxylic acids is 2. The van der Waals surface area contributed by atoms with Crippen LogP contribution >= 0.6 is 11.3 Å². The zero-order valence-electron chi connectivity index (χ0n) is 20.7. The highest BCUT2D eigenvalue weighted by atomic mass is 32.1. The van der Waals surface area contributed by atoms with Gasteiger partial charge in [0.1, 0.15) is 28.9 Å². The van der Waals surface area contributed by atoms with Gasteiger partial charge >= 0.3 is 0 Å². The SMILES string of the molecule is COCCNC(=O)c1csc(COc2ccc3c(c2)C(c2ccc(F)cc2)N(C(=O)c2ccco2)CC3)n1. The third-order valence-corrected chi connectivity index (χ3v) is 7.08. The molecule has 0 saturated heterocycles. The van der Waals surface area contributed by atoms with E-state index in [0.717, 1.165) is 16.7 Å². The Kier molecular flexibility index (Phi) is 7.81. The summed E-state index contributed by atoms with van der Waals surface area (Å²) < 4.78 is 30.1. The van der Waals surface area contributed by atoms with E-state index >= 15 is 0 Å². The van der Waals surface area contributed by atoms with Crippen molar-refractivity contribution in [2.24, 2.45) is 0 Å². The zero-order chi connectivity index (χ0) is 26.5. The van der Waals surface area contributed by atoms with Crippen LogP contribution in [0.4, 0.5) is 4.39 Å². The molecule has 0 spiro atoms. The minimum Gasteiger partial charge on any atom is -0.486 e. The highest BCUT2D eigenvalue weighted by molar-refractivity contribution is 7.09. The predicted molar refractivity (Wildman–Crippen MR) is 139 cm³/mol. The van der Waals surface area contributed by atoms with Crippen LogP contribution < -0.4 is 10.1 Å². The first-order chi connectivity index (χ1) is 18.5. The molecule has 2 aromatic heterocycles. The lowest BCUT2D eigenvalue weighted by Crippen LogP contribution is -2.40. The van der Waals surface area contributed by atoms with Gasteiger partial charge in [-0.05, 0) is 59.5 Å². The van der Waals surface area contributed by atoms with E-state index in [1.165, 1.54) is 29.7 Å². The van der Waals surface area contributed by atoms with Crippen LogP contribution in [0, 0.1) is 5.82 Å². The summed E-state index contributed by atoms with van der Waals surface area (Å²) in [4.78, 5) is 31.7. The number of aromatic nitrogens is 1. The summed E-state index contributed by atoms with van der Waals surface area (Å²) in [6.07, 6.45) is 2.13. The molecule has 0 bridgehead atoms. The molecule has 38 heavy (non-hydrogen) atoms. The Balaban J connectivity index is 1.37. The molecule has 3 heterocycles. The molecular weight excluding hydrogens is 509 g/mol. The number of fused-ring (bicyclic) bond motifs is 1. The molecule has 1 N–H and O–H groups in total. The summed E-state index contributed by atoms with van der Waals surface area (Å²) in [7, 11) is 1.57. The normalized spacial score (nSPS) is 14.7. The molecule has 10 heteroatoms. The molecule has 1 atom stereocenters. The van der Waals surface area contributed by atoms with Crippen molar-refractivity contribution >= 4 is 23.2 Å². The largest absolute Gasteiger partial charge is 0.486 e. The number of nitrogens with one attached hydrogen (secondary N) is 1. The maximum Gasteiger partial charge on any atom is 0.290 e. The van der Waals surface area contributed by atoms with Gasteiger partial charge in [0.05, 0.1) is 18.9 Å². The van der Waals surface area contributed by atoms with Crippen LogP contribution in [-0.2, 0) is 17.8 Å². The van der Waals surface area contributed by atoms with Crippen LogP contribution in [0.2, 0.25) is 0 Å². The fourth-order valence-corrected chi connectivity index (χ4v) is 5.12. The number of ether oxygens (including phenoxy) is 2. The number of methoxy groups -OCH3 is 1. The van der Waals surface area contributed by atoms with Crippen molar-refractivity contribution in [2.75, 3.05) is 26.8 Å². The summed E-state index contributed by atoms with van der Waals surface area (Å²) in [5.41, 5.74) is 3.10. The van der Waals surface area contributed by atoms with Crippen LogP contribution in [-0.4, -0.2) is 48.5 Å². The number of hydrogen-bond donors (Lipinski definition) is 1. The van der Waals surface area contributed by atoms with E-state index in [0.29, 0.717) is 42.6 Å². The molecule has 0 radical (unpaired) electrons. The molecule has 5 rings (SSSR count). The molecule has 2 amide bonds. The highest BCUT2D eigenvalue weighted by Crippen LogP contribution is 2.38. The summed E-state index contributed by atoms with van der Waals surface area (Å²) in [6.45, 7) is 1.50. The molecule has 1 aliphatic heterocycles. The average Bonchev–Trinajstić information content (AvgIpc) is 3.64. The molecule has 4 aromatic rings. The second kappa shape index (κ2) is 11.6. The van der Waals surface area contributed by atoms with E-state index < -0.39 is 6.04 Å². The second-order valence-electron chi connectivity index (χ2n) is 8.70. The van der Waals surface area contributed by atoms with E-state index in [-0.39, 0.29) is 30.0 Å². The summed E-state index contributed by atoms with van der Waals surface area (Å²) in [5, 5.41) is 5.09. The zero-order valence-corrected chi connectivity index (χ0v) is 21.5. The third-order valence-electron chi connectivity index (χ3n) is 6.26. The van der Waals surface area contributed by atoms with Crippen LogP contribution in [0.3, 0.4) is 0 Å². The number of carbonyl (C=O) groups is 2. The summed E-state index contributed by atoms with van der Waals surface area (Å²) >= 11 is 1.34.